The van der Waals surface area contributed by atoms with Crippen LogP contribution in [0.5, 0.6) is 0 Å². The summed E-state index contributed by atoms with van der Waals surface area (Å²) in [5, 5.41) is 3.20. The lowest BCUT2D eigenvalue weighted by molar-refractivity contribution is 0.0252. The summed E-state index contributed by atoms with van der Waals surface area (Å²) in [4.78, 5) is 4.42. The third kappa shape index (κ3) is 2.84. The second kappa shape index (κ2) is 4.39. The molecule has 0 atom stereocenters. The van der Waals surface area contributed by atoms with Crippen molar-refractivity contribution < 1.29 is 4.74 Å². The van der Waals surface area contributed by atoms with E-state index in [0.717, 1.165) is 13.2 Å². The number of hydrogen-bond donors (Lipinski definition) is 2. The third-order valence-corrected chi connectivity index (χ3v) is 3.38. The first-order valence-electron chi connectivity index (χ1n) is 5.79. The predicted molar refractivity (Wildman–Crippen MR) is 60.8 cm³/mol. The fraction of sp³-hybridized carbons (Fsp3) is 0.909. The zero-order valence-corrected chi connectivity index (χ0v) is 9.46. The van der Waals surface area contributed by atoms with Crippen LogP contribution in [0, 0.1) is 5.41 Å². The zero-order valence-electron chi connectivity index (χ0n) is 9.46. The lowest BCUT2D eigenvalue weighted by atomic mass is 9.69. The maximum atomic E-state index is 5.79. The van der Waals surface area contributed by atoms with Gasteiger partial charge in [-0.3, -0.25) is 4.99 Å². The number of methoxy groups -OCH3 is 1. The van der Waals surface area contributed by atoms with Gasteiger partial charge in [0.05, 0.1) is 13.2 Å². The molecule has 4 nitrogen and oxygen atoms in total. The Hall–Kier alpha value is -0.770. The Morgan fingerprint density at radius 2 is 2.27 bits per heavy atom. The molecule has 0 aromatic carbocycles. The van der Waals surface area contributed by atoms with E-state index in [1.807, 2.05) is 0 Å². The minimum absolute atomic E-state index is 0.282. The van der Waals surface area contributed by atoms with Gasteiger partial charge < -0.3 is 15.8 Å². The molecule has 0 aliphatic heterocycles. The average Bonchev–Trinajstić information content (AvgIpc) is 2.93. The van der Waals surface area contributed by atoms with Crippen LogP contribution in [0.1, 0.15) is 32.1 Å². The van der Waals surface area contributed by atoms with Crippen LogP contribution in [0.25, 0.3) is 0 Å². The minimum atomic E-state index is 0.282. The fourth-order valence-corrected chi connectivity index (χ4v) is 2.07. The number of rotatable bonds is 5. The molecule has 0 radical (unpaired) electrons. The van der Waals surface area contributed by atoms with E-state index in [1.54, 1.807) is 7.11 Å². The average molecular weight is 211 g/mol. The van der Waals surface area contributed by atoms with Crippen molar-refractivity contribution in [3.05, 3.63) is 0 Å². The molecule has 2 rings (SSSR count). The van der Waals surface area contributed by atoms with Gasteiger partial charge in [0.25, 0.3) is 0 Å². The number of nitrogens with zero attached hydrogens (tertiary/aromatic N) is 1. The molecule has 0 saturated heterocycles. The first-order valence-corrected chi connectivity index (χ1v) is 5.79. The van der Waals surface area contributed by atoms with Gasteiger partial charge >= 0.3 is 0 Å². The molecule has 0 aromatic heterocycles. The number of nitrogens with two attached hydrogens (primary N) is 1. The second-order valence-corrected chi connectivity index (χ2v) is 4.91. The second-order valence-electron chi connectivity index (χ2n) is 4.91. The number of guanidine groups is 1. The summed E-state index contributed by atoms with van der Waals surface area (Å²) in [5.41, 5.74) is 6.08. The van der Waals surface area contributed by atoms with Crippen LogP contribution in [0.4, 0.5) is 0 Å². The molecule has 0 aromatic rings. The van der Waals surface area contributed by atoms with Crippen molar-refractivity contribution in [2.75, 3.05) is 20.3 Å². The topological polar surface area (TPSA) is 59.6 Å². The molecule has 2 aliphatic rings. The Morgan fingerprint density at radius 3 is 2.73 bits per heavy atom. The van der Waals surface area contributed by atoms with E-state index in [4.69, 9.17) is 10.5 Å². The standard InChI is InChI=1S/C11H21N3O/c1-15-8-11(5-2-6-11)7-13-10(12)14-9-3-4-9/h9H,2-8H2,1H3,(H3,12,13,14). The van der Waals surface area contributed by atoms with Crippen LogP contribution >= 0.6 is 0 Å². The van der Waals surface area contributed by atoms with Gasteiger partial charge in [0.2, 0.25) is 0 Å². The van der Waals surface area contributed by atoms with Crippen LogP contribution in [0.3, 0.4) is 0 Å². The van der Waals surface area contributed by atoms with Crippen molar-refractivity contribution in [3.63, 3.8) is 0 Å². The molecule has 0 amide bonds. The van der Waals surface area contributed by atoms with Gasteiger partial charge in [0.15, 0.2) is 5.96 Å². The summed E-state index contributed by atoms with van der Waals surface area (Å²) in [6.45, 7) is 1.62. The highest BCUT2D eigenvalue weighted by molar-refractivity contribution is 5.78. The normalized spacial score (nSPS) is 24.7. The van der Waals surface area contributed by atoms with Crippen molar-refractivity contribution in [3.8, 4) is 0 Å². The molecule has 2 aliphatic carbocycles. The molecule has 0 heterocycles. The van der Waals surface area contributed by atoms with Crippen molar-refractivity contribution in [1.29, 1.82) is 0 Å². The van der Waals surface area contributed by atoms with Crippen LogP contribution in [-0.2, 0) is 4.74 Å². The van der Waals surface area contributed by atoms with E-state index in [0.29, 0.717) is 12.0 Å². The molecule has 2 fully saturated rings. The molecule has 86 valence electrons. The summed E-state index contributed by atoms with van der Waals surface area (Å²) in [6.07, 6.45) is 6.22. The quantitative estimate of drug-likeness (QED) is 0.524. The summed E-state index contributed by atoms with van der Waals surface area (Å²) >= 11 is 0. The monoisotopic (exact) mass is 211 g/mol. The van der Waals surface area contributed by atoms with Gasteiger partial charge in [-0.2, -0.15) is 0 Å². The summed E-state index contributed by atoms with van der Waals surface area (Å²) in [5.74, 6) is 0.611. The Balaban J connectivity index is 1.78. The van der Waals surface area contributed by atoms with E-state index >= 15 is 0 Å². The summed E-state index contributed by atoms with van der Waals surface area (Å²) < 4.78 is 5.24. The van der Waals surface area contributed by atoms with Gasteiger partial charge in [-0.25, -0.2) is 0 Å². The number of aliphatic imine (C=N–C) groups is 1. The van der Waals surface area contributed by atoms with Crippen LogP contribution in [-0.4, -0.2) is 32.3 Å². The minimum Gasteiger partial charge on any atom is -0.384 e. The first-order chi connectivity index (χ1) is 7.24. The SMILES string of the molecule is COCC1(CN=C(N)NC2CC2)CCC1. The van der Waals surface area contributed by atoms with E-state index in [9.17, 15) is 0 Å². The molecule has 0 spiro atoms. The van der Waals surface area contributed by atoms with Gasteiger partial charge in [0.1, 0.15) is 0 Å². The maximum Gasteiger partial charge on any atom is 0.188 e. The Kier molecular flexibility index (Phi) is 3.14. The maximum absolute atomic E-state index is 5.79. The van der Waals surface area contributed by atoms with Crippen molar-refractivity contribution >= 4 is 5.96 Å². The van der Waals surface area contributed by atoms with Crippen LogP contribution in [0.2, 0.25) is 0 Å². The lowest BCUT2D eigenvalue weighted by Gasteiger charge is -2.40. The van der Waals surface area contributed by atoms with Gasteiger partial charge in [-0.15, -0.1) is 0 Å². The zero-order chi connectivity index (χ0) is 10.7. The van der Waals surface area contributed by atoms with Crippen molar-refractivity contribution in [2.45, 2.75) is 38.1 Å². The van der Waals surface area contributed by atoms with Crippen LogP contribution < -0.4 is 11.1 Å². The Labute approximate surface area is 91.3 Å². The molecule has 15 heavy (non-hydrogen) atoms. The van der Waals surface area contributed by atoms with Crippen LogP contribution in [0.15, 0.2) is 4.99 Å². The highest BCUT2D eigenvalue weighted by Gasteiger charge is 2.36. The molecule has 4 heteroatoms. The highest BCUT2D eigenvalue weighted by Crippen LogP contribution is 2.41. The number of ether oxygens (including phenoxy) is 1. The van der Waals surface area contributed by atoms with E-state index < -0.39 is 0 Å². The van der Waals surface area contributed by atoms with E-state index in [1.165, 1.54) is 32.1 Å². The van der Waals surface area contributed by atoms with Gasteiger partial charge in [-0.05, 0) is 25.7 Å². The summed E-state index contributed by atoms with van der Waals surface area (Å²) in [6, 6.07) is 0.591. The third-order valence-electron chi connectivity index (χ3n) is 3.38. The first kappa shape index (κ1) is 10.7. The number of hydrogen-bond acceptors (Lipinski definition) is 2. The Morgan fingerprint density at radius 1 is 1.53 bits per heavy atom. The molecule has 0 bridgehead atoms. The molecule has 3 N–H and O–H groups in total. The molecule has 0 unspecified atom stereocenters. The van der Waals surface area contributed by atoms with E-state index in [-0.39, 0.29) is 5.41 Å². The predicted octanol–water partition coefficient (Wildman–Crippen LogP) is 0.870. The van der Waals surface area contributed by atoms with Crippen molar-refractivity contribution in [2.24, 2.45) is 16.1 Å². The summed E-state index contributed by atoms with van der Waals surface area (Å²) in [7, 11) is 1.76. The highest BCUT2D eigenvalue weighted by atomic mass is 16.5. The fourth-order valence-electron chi connectivity index (χ4n) is 2.07. The molecular formula is C11H21N3O. The largest absolute Gasteiger partial charge is 0.384 e. The molecular weight excluding hydrogens is 190 g/mol. The van der Waals surface area contributed by atoms with Gasteiger partial charge in [-0.1, -0.05) is 6.42 Å². The van der Waals surface area contributed by atoms with Crippen molar-refractivity contribution in [1.82, 2.24) is 5.32 Å². The van der Waals surface area contributed by atoms with E-state index in [2.05, 4.69) is 10.3 Å². The Bertz CT molecular complexity index is 244. The lowest BCUT2D eigenvalue weighted by Crippen LogP contribution is -2.40. The molecule has 2 saturated carbocycles. The smallest absolute Gasteiger partial charge is 0.188 e. The number of nitrogens with one attached hydrogen (secondary N) is 1. The van der Waals surface area contributed by atoms with Gasteiger partial charge in [0, 0.05) is 18.6 Å².